The third kappa shape index (κ3) is 5.71. The van der Waals surface area contributed by atoms with Crippen molar-refractivity contribution in [2.75, 3.05) is 13.1 Å². The molecule has 0 radical (unpaired) electrons. The van der Waals surface area contributed by atoms with Gasteiger partial charge in [-0.05, 0) is 56.1 Å². The molecule has 1 heterocycles. The molecule has 1 N–H and O–H groups in total. The molecule has 2 fully saturated rings. The standard InChI is InChI=1S/C22H31ClN2O2/c23-19-10-3-1-7-17(19)14-15-24-21(26)12-5-13-22(27)25-16-6-9-18-8-2-4-11-20(18)25/h1,3,7,10,18,20H,2,4-6,8-9,11-16H2,(H,24,26). The Bertz CT molecular complexity index is 647. The van der Waals surface area contributed by atoms with E-state index in [0.717, 1.165) is 30.0 Å². The van der Waals surface area contributed by atoms with Crippen molar-refractivity contribution in [3.8, 4) is 0 Å². The molecule has 1 aliphatic carbocycles. The molecule has 0 aromatic heterocycles. The van der Waals surface area contributed by atoms with Crippen LogP contribution in [-0.2, 0) is 16.0 Å². The summed E-state index contributed by atoms with van der Waals surface area (Å²) in [5, 5.41) is 3.67. The fourth-order valence-electron chi connectivity index (χ4n) is 4.60. The summed E-state index contributed by atoms with van der Waals surface area (Å²) in [7, 11) is 0. The fourth-order valence-corrected chi connectivity index (χ4v) is 4.83. The Hall–Kier alpha value is -1.55. The summed E-state index contributed by atoms with van der Waals surface area (Å²) in [5.74, 6) is 0.976. The number of fused-ring (bicyclic) bond motifs is 1. The normalized spacial score (nSPS) is 22.2. The Balaban J connectivity index is 1.34. The number of nitrogens with one attached hydrogen (secondary N) is 1. The third-order valence-corrected chi connectivity index (χ3v) is 6.40. The summed E-state index contributed by atoms with van der Waals surface area (Å²) in [6, 6.07) is 8.15. The van der Waals surface area contributed by atoms with Gasteiger partial charge in [0, 0.05) is 37.0 Å². The number of hydrogen-bond donors (Lipinski definition) is 1. The molecule has 2 amide bonds. The quantitative estimate of drug-likeness (QED) is 0.752. The first-order valence-electron chi connectivity index (χ1n) is 10.4. The van der Waals surface area contributed by atoms with E-state index >= 15 is 0 Å². The van der Waals surface area contributed by atoms with Gasteiger partial charge in [-0.2, -0.15) is 0 Å². The molecular formula is C22H31ClN2O2. The molecule has 1 saturated carbocycles. The zero-order chi connectivity index (χ0) is 19.1. The van der Waals surface area contributed by atoms with Crippen molar-refractivity contribution in [3.05, 3.63) is 34.9 Å². The van der Waals surface area contributed by atoms with Gasteiger partial charge in [0.25, 0.3) is 0 Å². The van der Waals surface area contributed by atoms with E-state index in [9.17, 15) is 9.59 Å². The number of carbonyl (C=O) groups excluding carboxylic acids is 2. The molecule has 0 bridgehead atoms. The van der Waals surface area contributed by atoms with E-state index in [1.54, 1.807) is 0 Å². The molecule has 4 nitrogen and oxygen atoms in total. The van der Waals surface area contributed by atoms with Crippen LogP contribution < -0.4 is 5.32 Å². The lowest BCUT2D eigenvalue weighted by molar-refractivity contribution is -0.137. The summed E-state index contributed by atoms with van der Waals surface area (Å²) >= 11 is 6.13. The fraction of sp³-hybridized carbons (Fsp3) is 0.636. The number of amides is 2. The van der Waals surface area contributed by atoms with Crippen molar-refractivity contribution >= 4 is 23.4 Å². The first-order chi connectivity index (χ1) is 13.1. The van der Waals surface area contributed by atoms with Crippen LogP contribution in [0, 0.1) is 5.92 Å². The van der Waals surface area contributed by atoms with Gasteiger partial charge in [-0.15, -0.1) is 0 Å². The van der Waals surface area contributed by atoms with Crippen molar-refractivity contribution in [2.45, 2.75) is 70.3 Å². The Kier molecular flexibility index (Phi) is 7.57. The lowest BCUT2D eigenvalue weighted by atomic mass is 9.78. The smallest absolute Gasteiger partial charge is 0.222 e. The minimum atomic E-state index is 0.0176. The van der Waals surface area contributed by atoms with Crippen LogP contribution in [0.25, 0.3) is 0 Å². The number of benzene rings is 1. The van der Waals surface area contributed by atoms with E-state index in [1.807, 2.05) is 24.3 Å². The molecule has 0 spiro atoms. The van der Waals surface area contributed by atoms with Crippen LogP contribution in [0.3, 0.4) is 0 Å². The Morgan fingerprint density at radius 2 is 1.85 bits per heavy atom. The number of hydrogen-bond acceptors (Lipinski definition) is 2. The molecule has 2 atom stereocenters. The highest BCUT2D eigenvalue weighted by atomic mass is 35.5. The second-order valence-corrected chi connectivity index (χ2v) is 8.29. The molecule has 2 unspecified atom stereocenters. The number of halogens is 1. The van der Waals surface area contributed by atoms with Gasteiger partial charge in [-0.1, -0.05) is 42.6 Å². The predicted molar refractivity (Wildman–Crippen MR) is 109 cm³/mol. The maximum Gasteiger partial charge on any atom is 0.222 e. The highest BCUT2D eigenvalue weighted by Crippen LogP contribution is 2.35. The Morgan fingerprint density at radius 3 is 2.70 bits per heavy atom. The summed E-state index contributed by atoms with van der Waals surface area (Å²) in [5.41, 5.74) is 1.04. The first kappa shape index (κ1) is 20.2. The van der Waals surface area contributed by atoms with E-state index in [2.05, 4.69) is 10.2 Å². The van der Waals surface area contributed by atoms with E-state index in [1.165, 1.54) is 32.1 Å². The number of nitrogens with zero attached hydrogens (tertiary/aromatic N) is 1. The zero-order valence-electron chi connectivity index (χ0n) is 16.1. The molecule has 1 aliphatic heterocycles. The molecular weight excluding hydrogens is 360 g/mol. The van der Waals surface area contributed by atoms with E-state index in [0.29, 0.717) is 37.8 Å². The number of likely N-dealkylation sites (tertiary alicyclic amines) is 1. The lowest BCUT2D eigenvalue weighted by Crippen LogP contribution is -2.49. The molecule has 2 aliphatic rings. The molecule has 148 valence electrons. The maximum atomic E-state index is 12.7. The Labute approximate surface area is 167 Å². The first-order valence-corrected chi connectivity index (χ1v) is 10.8. The number of rotatable bonds is 7. The summed E-state index contributed by atoms with van der Waals surface area (Å²) < 4.78 is 0. The molecule has 1 aromatic rings. The maximum absolute atomic E-state index is 12.7. The van der Waals surface area contributed by atoms with Crippen molar-refractivity contribution < 1.29 is 9.59 Å². The average Bonchev–Trinajstić information content (AvgIpc) is 2.69. The van der Waals surface area contributed by atoms with Crippen LogP contribution in [0.2, 0.25) is 5.02 Å². The van der Waals surface area contributed by atoms with Crippen LogP contribution in [0.15, 0.2) is 24.3 Å². The van der Waals surface area contributed by atoms with Gasteiger partial charge in [0.2, 0.25) is 11.8 Å². The highest BCUT2D eigenvalue weighted by Gasteiger charge is 2.35. The second-order valence-electron chi connectivity index (χ2n) is 7.89. The number of piperidine rings is 1. The van der Waals surface area contributed by atoms with Crippen LogP contribution in [0.4, 0.5) is 0 Å². The molecule has 1 saturated heterocycles. The van der Waals surface area contributed by atoms with Gasteiger partial charge in [-0.25, -0.2) is 0 Å². The average molecular weight is 391 g/mol. The van der Waals surface area contributed by atoms with Crippen molar-refractivity contribution in [2.24, 2.45) is 5.92 Å². The monoisotopic (exact) mass is 390 g/mol. The van der Waals surface area contributed by atoms with Crippen LogP contribution in [0.1, 0.15) is 63.4 Å². The summed E-state index contributed by atoms with van der Waals surface area (Å²) in [6.45, 7) is 1.48. The predicted octanol–water partition coefficient (Wildman–Crippen LogP) is 4.35. The van der Waals surface area contributed by atoms with Gasteiger partial charge in [0.15, 0.2) is 0 Å². The topological polar surface area (TPSA) is 49.4 Å². The largest absolute Gasteiger partial charge is 0.356 e. The van der Waals surface area contributed by atoms with Crippen molar-refractivity contribution in [3.63, 3.8) is 0 Å². The van der Waals surface area contributed by atoms with Crippen molar-refractivity contribution in [1.29, 1.82) is 0 Å². The van der Waals surface area contributed by atoms with Gasteiger partial charge in [-0.3, -0.25) is 9.59 Å². The summed E-state index contributed by atoms with van der Waals surface area (Å²) in [4.78, 5) is 26.8. The van der Waals surface area contributed by atoms with Crippen LogP contribution >= 0.6 is 11.6 Å². The third-order valence-electron chi connectivity index (χ3n) is 6.03. The van der Waals surface area contributed by atoms with E-state index in [4.69, 9.17) is 11.6 Å². The van der Waals surface area contributed by atoms with Gasteiger partial charge in [0.05, 0.1) is 0 Å². The van der Waals surface area contributed by atoms with E-state index in [-0.39, 0.29) is 11.8 Å². The molecule has 3 rings (SSSR count). The van der Waals surface area contributed by atoms with Crippen molar-refractivity contribution in [1.82, 2.24) is 10.2 Å². The summed E-state index contributed by atoms with van der Waals surface area (Å²) in [6.07, 6.45) is 9.68. The van der Waals surface area contributed by atoms with Crippen LogP contribution in [-0.4, -0.2) is 35.8 Å². The molecule has 5 heteroatoms. The Morgan fingerprint density at radius 1 is 1.07 bits per heavy atom. The molecule has 1 aromatic carbocycles. The minimum Gasteiger partial charge on any atom is -0.356 e. The zero-order valence-corrected chi connectivity index (χ0v) is 16.8. The number of carbonyl (C=O) groups is 2. The SMILES string of the molecule is O=C(CCCC(=O)N1CCCC2CCCCC21)NCCc1ccccc1Cl. The second kappa shape index (κ2) is 10.1. The van der Waals surface area contributed by atoms with Gasteiger partial charge in [0.1, 0.15) is 0 Å². The van der Waals surface area contributed by atoms with Gasteiger partial charge >= 0.3 is 0 Å². The van der Waals surface area contributed by atoms with Crippen LogP contribution in [0.5, 0.6) is 0 Å². The minimum absolute atomic E-state index is 0.0176. The van der Waals surface area contributed by atoms with Gasteiger partial charge < -0.3 is 10.2 Å². The van der Waals surface area contributed by atoms with E-state index < -0.39 is 0 Å². The highest BCUT2D eigenvalue weighted by molar-refractivity contribution is 6.31. The lowest BCUT2D eigenvalue weighted by Gasteiger charge is -2.44. The molecule has 27 heavy (non-hydrogen) atoms.